The molecule has 0 saturated carbocycles. The minimum absolute atomic E-state index is 0.0115. The fraction of sp³-hybridized carbons (Fsp3) is 0.0714. The summed E-state index contributed by atoms with van der Waals surface area (Å²) in [6, 6.07) is 14.7. The van der Waals surface area contributed by atoms with Crippen LogP contribution in [-0.4, -0.2) is 12.0 Å². The highest BCUT2D eigenvalue weighted by molar-refractivity contribution is 7.98. The van der Waals surface area contributed by atoms with Gasteiger partial charge in [0.2, 0.25) is 0 Å². The molecule has 0 unspecified atom stereocenters. The summed E-state index contributed by atoms with van der Waals surface area (Å²) in [4.78, 5) is 13.1. The molecule has 0 atom stereocenters. The Labute approximate surface area is 110 Å². The lowest BCUT2D eigenvalue weighted by molar-refractivity contribution is 0.103. The van der Waals surface area contributed by atoms with E-state index in [0.717, 1.165) is 4.90 Å². The van der Waals surface area contributed by atoms with Crippen LogP contribution in [0.3, 0.4) is 0 Å². The van der Waals surface area contributed by atoms with Crippen LogP contribution in [0.1, 0.15) is 15.9 Å². The lowest BCUT2D eigenvalue weighted by atomic mass is 10.0. The third-order valence-electron chi connectivity index (χ3n) is 2.45. The molecule has 0 N–H and O–H groups in total. The van der Waals surface area contributed by atoms with Crippen molar-refractivity contribution >= 4 is 29.1 Å². The molecule has 0 heterocycles. The van der Waals surface area contributed by atoms with Crippen molar-refractivity contribution in [3.05, 3.63) is 64.7 Å². The standard InChI is InChI=1S/C14H11ClOS/c1-17-14-11(8-5-9-12(14)15)13(16)10-6-3-2-4-7-10/h2-9H,1H3. The molecule has 2 rings (SSSR count). The summed E-state index contributed by atoms with van der Waals surface area (Å²) in [7, 11) is 0. The fourth-order valence-electron chi connectivity index (χ4n) is 1.64. The van der Waals surface area contributed by atoms with Gasteiger partial charge in [0.25, 0.3) is 0 Å². The molecule has 2 aromatic rings. The van der Waals surface area contributed by atoms with Crippen LogP contribution in [-0.2, 0) is 0 Å². The van der Waals surface area contributed by atoms with Gasteiger partial charge in [-0.05, 0) is 18.4 Å². The van der Waals surface area contributed by atoms with Crippen molar-refractivity contribution in [2.24, 2.45) is 0 Å². The number of carbonyl (C=O) groups excluding carboxylic acids is 1. The zero-order chi connectivity index (χ0) is 12.3. The van der Waals surface area contributed by atoms with Crippen molar-refractivity contribution in [1.82, 2.24) is 0 Å². The first kappa shape index (κ1) is 12.2. The summed E-state index contributed by atoms with van der Waals surface area (Å²) in [5.74, 6) is 0.0115. The Morgan fingerprint density at radius 2 is 1.76 bits per heavy atom. The molecule has 0 fully saturated rings. The summed E-state index contributed by atoms with van der Waals surface area (Å²) in [6.45, 7) is 0. The van der Waals surface area contributed by atoms with Crippen LogP contribution < -0.4 is 0 Å². The van der Waals surface area contributed by atoms with Gasteiger partial charge in [0.05, 0.1) is 5.02 Å². The summed E-state index contributed by atoms with van der Waals surface area (Å²) in [5, 5.41) is 0.624. The Kier molecular flexibility index (Phi) is 3.87. The van der Waals surface area contributed by atoms with Gasteiger partial charge in [-0.1, -0.05) is 48.0 Å². The predicted octanol–water partition coefficient (Wildman–Crippen LogP) is 4.29. The second-order valence-electron chi connectivity index (χ2n) is 3.52. The Morgan fingerprint density at radius 3 is 2.41 bits per heavy atom. The molecule has 17 heavy (non-hydrogen) atoms. The van der Waals surface area contributed by atoms with Crippen molar-refractivity contribution < 1.29 is 4.79 Å². The van der Waals surface area contributed by atoms with Crippen molar-refractivity contribution in [3.8, 4) is 0 Å². The minimum Gasteiger partial charge on any atom is -0.289 e. The van der Waals surface area contributed by atoms with Gasteiger partial charge in [-0.3, -0.25) is 4.79 Å². The van der Waals surface area contributed by atoms with E-state index in [4.69, 9.17) is 11.6 Å². The lowest BCUT2D eigenvalue weighted by Crippen LogP contribution is -2.02. The average molecular weight is 263 g/mol. The van der Waals surface area contributed by atoms with Crippen molar-refractivity contribution in [2.45, 2.75) is 4.90 Å². The second-order valence-corrected chi connectivity index (χ2v) is 4.74. The van der Waals surface area contributed by atoms with Crippen LogP contribution in [0.2, 0.25) is 5.02 Å². The number of rotatable bonds is 3. The molecule has 0 aromatic heterocycles. The first-order valence-corrected chi connectivity index (χ1v) is 6.76. The molecule has 0 amide bonds. The number of ketones is 1. The zero-order valence-corrected chi connectivity index (χ0v) is 10.9. The summed E-state index contributed by atoms with van der Waals surface area (Å²) >= 11 is 7.58. The van der Waals surface area contributed by atoms with Gasteiger partial charge >= 0.3 is 0 Å². The van der Waals surface area contributed by atoms with Gasteiger partial charge in [0.15, 0.2) is 5.78 Å². The highest BCUT2D eigenvalue weighted by Crippen LogP contribution is 2.30. The minimum atomic E-state index is 0.0115. The quantitative estimate of drug-likeness (QED) is 0.606. The second kappa shape index (κ2) is 5.39. The highest BCUT2D eigenvalue weighted by Gasteiger charge is 2.14. The number of halogens is 1. The molecule has 1 nitrogen and oxygen atoms in total. The van der Waals surface area contributed by atoms with Crippen LogP contribution in [0.5, 0.6) is 0 Å². The van der Waals surface area contributed by atoms with E-state index in [1.165, 1.54) is 11.8 Å². The number of thioether (sulfide) groups is 1. The number of carbonyl (C=O) groups is 1. The van der Waals surface area contributed by atoms with Crippen LogP contribution in [0.25, 0.3) is 0 Å². The summed E-state index contributed by atoms with van der Waals surface area (Å²) in [5.41, 5.74) is 1.35. The van der Waals surface area contributed by atoms with Crippen LogP contribution in [0.4, 0.5) is 0 Å². The molecule has 0 saturated heterocycles. The Balaban J connectivity index is 2.48. The van der Waals surface area contributed by atoms with E-state index in [0.29, 0.717) is 16.1 Å². The molecule has 0 bridgehead atoms. The molecule has 0 aliphatic heterocycles. The molecule has 86 valence electrons. The lowest BCUT2D eigenvalue weighted by Gasteiger charge is -2.08. The van der Waals surface area contributed by atoms with Crippen molar-refractivity contribution in [3.63, 3.8) is 0 Å². The number of benzene rings is 2. The first-order valence-electron chi connectivity index (χ1n) is 5.16. The molecular formula is C14H11ClOS. The zero-order valence-electron chi connectivity index (χ0n) is 9.31. The van der Waals surface area contributed by atoms with E-state index >= 15 is 0 Å². The highest BCUT2D eigenvalue weighted by atomic mass is 35.5. The van der Waals surface area contributed by atoms with E-state index in [1.54, 1.807) is 12.1 Å². The van der Waals surface area contributed by atoms with E-state index in [9.17, 15) is 4.79 Å². The van der Waals surface area contributed by atoms with Gasteiger partial charge in [0, 0.05) is 16.0 Å². The average Bonchev–Trinajstić information content (AvgIpc) is 2.38. The molecule has 0 radical (unpaired) electrons. The van der Waals surface area contributed by atoms with E-state index < -0.39 is 0 Å². The third-order valence-corrected chi connectivity index (χ3v) is 3.73. The first-order chi connectivity index (χ1) is 8.24. The van der Waals surface area contributed by atoms with Gasteiger partial charge in [-0.15, -0.1) is 11.8 Å². The Bertz CT molecular complexity index is 537. The van der Waals surface area contributed by atoms with Crippen LogP contribution in [0.15, 0.2) is 53.4 Å². The molecule has 3 heteroatoms. The molecular weight excluding hydrogens is 252 g/mol. The number of hydrogen-bond donors (Lipinski definition) is 0. The molecule has 0 aliphatic carbocycles. The van der Waals surface area contributed by atoms with Gasteiger partial charge in [-0.2, -0.15) is 0 Å². The van der Waals surface area contributed by atoms with Crippen LogP contribution in [0, 0.1) is 0 Å². The molecule has 0 aliphatic rings. The summed E-state index contributed by atoms with van der Waals surface area (Å²) in [6.07, 6.45) is 1.92. The van der Waals surface area contributed by atoms with Gasteiger partial charge < -0.3 is 0 Å². The SMILES string of the molecule is CSc1c(Cl)cccc1C(=O)c1ccccc1. The monoisotopic (exact) mass is 262 g/mol. The molecule has 0 spiro atoms. The third kappa shape index (κ3) is 2.54. The normalized spacial score (nSPS) is 10.2. The van der Waals surface area contributed by atoms with Gasteiger partial charge in [-0.25, -0.2) is 0 Å². The number of hydrogen-bond acceptors (Lipinski definition) is 2. The van der Waals surface area contributed by atoms with E-state index in [2.05, 4.69) is 0 Å². The Hall–Kier alpha value is -1.25. The van der Waals surface area contributed by atoms with E-state index in [1.807, 2.05) is 42.7 Å². The van der Waals surface area contributed by atoms with Crippen molar-refractivity contribution in [1.29, 1.82) is 0 Å². The maximum Gasteiger partial charge on any atom is 0.194 e. The predicted molar refractivity (Wildman–Crippen MR) is 73.1 cm³/mol. The van der Waals surface area contributed by atoms with Crippen molar-refractivity contribution in [2.75, 3.05) is 6.26 Å². The maximum atomic E-state index is 12.3. The summed E-state index contributed by atoms with van der Waals surface area (Å²) < 4.78 is 0. The largest absolute Gasteiger partial charge is 0.289 e. The Morgan fingerprint density at radius 1 is 1.06 bits per heavy atom. The smallest absolute Gasteiger partial charge is 0.194 e. The fourth-order valence-corrected chi connectivity index (χ4v) is 2.69. The van der Waals surface area contributed by atoms with E-state index in [-0.39, 0.29) is 5.78 Å². The molecule has 2 aromatic carbocycles. The topological polar surface area (TPSA) is 17.1 Å². The maximum absolute atomic E-state index is 12.3. The van der Waals surface area contributed by atoms with Gasteiger partial charge in [0.1, 0.15) is 0 Å². The van der Waals surface area contributed by atoms with Crippen LogP contribution >= 0.6 is 23.4 Å².